The van der Waals surface area contributed by atoms with Crippen molar-refractivity contribution in [3.63, 3.8) is 0 Å². The van der Waals surface area contributed by atoms with Crippen LogP contribution in [-0.4, -0.2) is 18.1 Å². The van der Waals surface area contributed by atoms with Crippen molar-refractivity contribution in [2.75, 3.05) is 0 Å². The van der Waals surface area contributed by atoms with Crippen LogP contribution in [0.2, 0.25) is 5.02 Å². The van der Waals surface area contributed by atoms with Crippen LogP contribution in [0.1, 0.15) is 21.5 Å². The SMILES string of the molecule is O=C(Cc1ccc(Cl)cc1)N/N=C\c1ccc(OC(=O)c2ccc(F)cc2)cc1. The summed E-state index contributed by atoms with van der Waals surface area (Å²) in [5.41, 5.74) is 4.23. The number of amides is 1. The largest absolute Gasteiger partial charge is 0.423 e. The van der Waals surface area contributed by atoms with Gasteiger partial charge in [-0.15, -0.1) is 0 Å². The highest BCUT2D eigenvalue weighted by Crippen LogP contribution is 2.14. The van der Waals surface area contributed by atoms with Gasteiger partial charge < -0.3 is 4.74 Å². The molecule has 3 rings (SSSR count). The molecule has 7 heteroatoms. The Labute approximate surface area is 171 Å². The van der Waals surface area contributed by atoms with Crippen LogP contribution in [0.4, 0.5) is 4.39 Å². The molecule has 0 aliphatic carbocycles. The molecule has 0 aromatic heterocycles. The van der Waals surface area contributed by atoms with Crippen LogP contribution < -0.4 is 10.2 Å². The second kappa shape index (κ2) is 9.61. The molecule has 0 aliphatic heterocycles. The number of hydrazone groups is 1. The van der Waals surface area contributed by atoms with Crippen molar-refractivity contribution in [2.24, 2.45) is 5.10 Å². The molecule has 146 valence electrons. The van der Waals surface area contributed by atoms with Gasteiger partial charge in [-0.3, -0.25) is 4.79 Å². The van der Waals surface area contributed by atoms with E-state index in [9.17, 15) is 14.0 Å². The number of carbonyl (C=O) groups is 2. The van der Waals surface area contributed by atoms with Gasteiger partial charge in [-0.2, -0.15) is 5.10 Å². The maximum atomic E-state index is 12.9. The molecule has 0 radical (unpaired) electrons. The molecule has 3 aromatic rings. The number of ether oxygens (including phenoxy) is 1. The molecular formula is C22H16ClFN2O3. The molecule has 5 nitrogen and oxygen atoms in total. The smallest absolute Gasteiger partial charge is 0.343 e. The maximum absolute atomic E-state index is 12.9. The van der Waals surface area contributed by atoms with Gasteiger partial charge in [0.05, 0.1) is 18.2 Å². The van der Waals surface area contributed by atoms with Crippen molar-refractivity contribution in [3.05, 3.63) is 100 Å². The van der Waals surface area contributed by atoms with Crippen molar-refractivity contribution in [1.29, 1.82) is 0 Å². The van der Waals surface area contributed by atoms with E-state index in [1.807, 2.05) is 0 Å². The minimum atomic E-state index is -0.583. The Morgan fingerprint density at radius 3 is 2.28 bits per heavy atom. The minimum Gasteiger partial charge on any atom is -0.423 e. The van der Waals surface area contributed by atoms with Crippen LogP contribution in [0, 0.1) is 5.82 Å². The topological polar surface area (TPSA) is 67.8 Å². The average Bonchev–Trinajstić information content (AvgIpc) is 2.71. The summed E-state index contributed by atoms with van der Waals surface area (Å²) in [6, 6.07) is 18.6. The lowest BCUT2D eigenvalue weighted by Crippen LogP contribution is -2.19. The molecule has 0 atom stereocenters. The Balaban J connectivity index is 1.50. The van der Waals surface area contributed by atoms with E-state index in [2.05, 4.69) is 10.5 Å². The Hall–Kier alpha value is -3.51. The van der Waals surface area contributed by atoms with Crippen LogP contribution in [0.3, 0.4) is 0 Å². The molecule has 3 aromatic carbocycles. The zero-order chi connectivity index (χ0) is 20.6. The third kappa shape index (κ3) is 6.26. The fraction of sp³-hybridized carbons (Fsp3) is 0.0455. The zero-order valence-electron chi connectivity index (χ0n) is 15.1. The van der Waals surface area contributed by atoms with E-state index in [4.69, 9.17) is 16.3 Å². The summed E-state index contributed by atoms with van der Waals surface area (Å²) < 4.78 is 18.1. The van der Waals surface area contributed by atoms with Gasteiger partial charge in [0.1, 0.15) is 11.6 Å². The van der Waals surface area contributed by atoms with Gasteiger partial charge in [-0.1, -0.05) is 23.7 Å². The van der Waals surface area contributed by atoms with E-state index in [1.54, 1.807) is 48.5 Å². The van der Waals surface area contributed by atoms with E-state index in [0.717, 1.165) is 5.56 Å². The summed E-state index contributed by atoms with van der Waals surface area (Å²) in [6.07, 6.45) is 1.66. The van der Waals surface area contributed by atoms with E-state index in [-0.39, 0.29) is 17.9 Å². The van der Waals surface area contributed by atoms with Gasteiger partial charge >= 0.3 is 5.97 Å². The molecule has 0 aliphatic rings. The molecule has 0 heterocycles. The van der Waals surface area contributed by atoms with Gasteiger partial charge in [0, 0.05) is 5.02 Å². The predicted molar refractivity (Wildman–Crippen MR) is 109 cm³/mol. The Kier molecular flexibility index (Phi) is 6.71. The molecule has 0 saturated heterocycles. The van der Waals surface area contributed by atoms with Gasteiger partial charge in [-0.25, -0.2) is 14.6 Å². The number of benzene rings is 3. The standard InChI is InChI=1S/C22H16ClFN2O3/c23-18-7-1-15(2-8-18)13-21(27)26-25-14-16-3-11-20(12-4-16)29-22(28)17-5-9-19(24)10-6-17/h1-12,14H,13H2,(H,26,27)/b25-14-. The molecule has 0 bridgehead atoms. The van der Waals surface area contributed by atoms with E-state index in [1.165, 1.54) is 30.5 Å². The summed E-state index contributed by atoms with van der Waals surface area (Å²) in [5.74, 6) is -0.928. The zero-order valence-corrected chi connectivity index (χ0v) is 15.9. The van der Waals surface area contributed by atoms with Gasteiger partial charge in [0.15, 0.2) is 0 Å². The second-order valence-electron chi connectivity index (χ2n) is 6.06. The quantitative estimate of drug-likeness (QED) is 0.283. The number of hydrogen-bond donors (Lipinski definition) is 1. The molecule has 0 fully saturated rings. The Morgan fingerprint density at radius 2 is 1.62 bits per heavy atom. The Morgan fingerprint density at radius 1 is 0.966 bits per heavy atom. The van der Waals surface area contributed by atoms with E-state index < -0.39 is 11.8 Å². The lowest BCUT2D eigenvalue weighted by molar-refractivity contribution is -0.120. The molecule has 0 spiro atoms. The first-order valence-electron chi connectivity index (χ1n) is 8.64. The number of nitrogens with one attached hydrogen (secondary N) is 1. The van der Waals surface area contributed by atoms with Gasteiger partial charge in [-0.05, 0) is 71.8 Å². The highest BCUT2D eigenvalue weighted by molar-refractivity contribution is 6.30. The van der Waals surface area contributed by atoms with Crippen LogP contribution in [0.15, 0.2) is 77.9 Å². The monoisotopic (exact) mass is 410 g/mol. The van der Waals surface area contributed by atoms with Crippen molar-refractivity contribution in [3.8, 4) is 5.75 Å². The fourth-order valence-electron chi connectivity index (χ4n) is 2.38. The van der Waals surface area contributed by atoms with Crippen molar-refractivity contribution in [1.82, 2.24) is 5.43 Å². The fourth-order valence-corrected chi connectivity index (χ4v) is 2.51. The molecule has 0 saturated carbocycles. The summed E-state index contributed by atoms with van der Waals surface area (Å²) in [6.45, 7) is 0. The molecular weight excluding hydrogens is 395 g/mol. The third-order valence-corrected chi connectivity index (χ3v) is 4.10. The summed E-state index contributed by atoms with van der Waals surface area (Å²) in [5, 5.41) is 4.52. The van der Waals surface area contributed by atoms with E-state index >= 15 is 0 Å². The van der Waals surface area contributed by atoms with Crippen molar-refractivity contribution < 1.29 is 18.7 Å². The van der Waals surface area contributed by atoms with Crippen molar-refractivity contribution >= 4 is 29.7 Å². The lowest BCUT2D eigenvalue weighted by atomic mass is 10.1. The number of rotatable bonds is 6. The second-order valence-corrected chi connectivity index (χ2v) is 6.50. The summed E-state index contributed by atoms with van der Waals surface area (Å²) >= 11 is 5.81. The van der Waals surface area contributed by atoms with Gasteiger partial charge in [0.2, 0.25) is 5.91 Å². The first-order chi connectivity index (χ1) is 14.0. The number of esters is 1. The first-order valence-corrected chi connectivity index (χ1v) is 9.01. The van der Waals surface area contributed by atoms with Crippen LogP contribution in [0.5, 0.6) is 5.75 Å². The number of halogens is 2. The van der Waals surface area contributed by atoms with E-state index in [0.29, 0.717) is 16.3 Å². The first kappa shape index (κ1) is 20.2. The highest BCUT2D eigenvalue weighted by Gasteiger charge is 2.08. The van der Waals surface area contributed by atoms with Gasteiger partial charge in [0.25, 0.3) is 0 Å². The molecule has 29 heavy (non-hydrogen) atoms. The predicted octanol–water partition coefficient (Wildman–Crippen LogP) is 4.39. The molecule has 1 amide bonds. The summed E-state index contributed by atoms with van der Waals surface area (Å²) in [4.78, 5) is 23.9. The minimum absolute atomic E-state index is 0.187. The molecule has 1 N–H and O–H groups in total. The highest BCUT2D eigenvalue weighted by atomic mass is 35.5. The van der Waals surface area contributed by atoms with Crippen LogP contribution >= 0.6 is 11.6 Å². The molecule has 0 unspecified atom stereocenters. The number of carbonyl (C=O) groups excluding carboxylic acids is 2. The number of hydrogen-bond acceptors (Lipinski definition) is 4. The van der Waals surface area contributed by atoms with Crippen LogP contribution in [-0.2, 0) is 11.2 Å². The van der Waals surface area contributed by atoms with Crippen molar-refractivity contribution in [2.45, 2.75) is 6.42 Å². The number of nitrogens with zero attached hydrogens (tertiary/aromatic N) is 1. The normalized spacial score (nSPS) is 10.7. The summed E-state index contributed by atoms with van der Waals surface area (Å²) in [7, 11) is 0. The Bertz CT molecular complexity index is 1020. The maximum Gasteiger partial charge on any atom is 0.343 e. The lowest BCUT2D eigenvalue weighted by Gasteiger charge is -2.04. The average molecular weight is 411 g/mol. The van der Waals surface area contributed by atoms with Crippen LogP contribution in [0.25, 0.3) is 0 Å². The third-order valence-electron chi connectivity index (χ3n) is 3.85.